The molecule has 0 radical (unpaired) electrons. The van der Waals surface area contributed by atoms with Gasteiger partial charge in [-0.05, 0) is 42.3 Å². The van der Waals surface area contributed by atoms with Crippen molar-refractivity contribution in [3.8, 4) is 0 Å². The summed E-state index contributed by atoms with van der Waals surface area (Å²) in [5.74, 6) is 0. The summed E-state index contributed by atoms with van der Waals surface area (Å²) in [5.41, 5.74) is 2.75. The van der Waals surface area contributed by atoms with Crippen molar-refractivity contribution in [1.29, 1.82) is 0 Å². The summed E-state index contributed by atoms with van der Waals surface area (Å²) < 4.78 is 0. The maximum atomic E-state index is 6.15. The highest BCUT2D eigenvalue weighted by molar-refractivity contribution is 8.00. The second kappa shape index (κ2) is 6.21. The van der Waals surface area contributed by atoms with E-state index in [9.17, 15) is 0 Å². The van der Waals surface area contributed by atoms with Gasteiger partial charge in [-0.15, -0.1) is 11.8 Å². The molecule has 0 amide bonds. The zero-order valence-electron chi connectivity index (χ0n) is 11.5. The molecule has 1 N–H and O–H groups in total. The number of fused-ring (bicyclic) bond motifs is 1. The third kappa shape index (κ3) is 2.88. The molecule has 3 rings (SSSR count). The van der Waals surface area contributed by atoms with E-state index in [1.165, 1.54) is 16.0 Å². The summed E-state index contributed by atoms with van der Waals surface area (Å²) in [7, 11) is 0. The molecule has 2 atom stereocenters. The molecule has 0 aliphatic carbocycles. The third-order valence-electron chi connectivity index (χ3n) is 3.68. The SMILES string of the molecule is CCNC(c1cccc(Cl)c1)C1Cc2ccccc2S1. The molecule has 0 saturated carbocycles. The first-order valence-corrected chi connectivity index (χ1v) is 8.27. The molecular formula is C17H18ClNS. The second-order valence-electron chi connectivity index (χ2n) is 5.06. The van der Waals surface area contributed by atoms with Crippen LogP contribution in [-0.4, -0.2) is 11.8 Å². The fraction of sp³-hybridized carbons (Fsp3) is 0.294. The monoisotopic (exact) mass is 303 g/mol. The molecule has 0 bridgehead atoms. The van der Waals surface area contributed by atoms with E-state index >= 15 is 0 Å². The topological polar surface area (TPSA) is 12.0 Å². The van der Waals surface area contributed by atoms with Gasteiger partial charge in [0.15, 0.2) is 0 Å². The number of hydrogen-bond acceptors (Lipinski definition) is 2. The second-order valence-corrected chi connectivity index (χ2v) is 6.78. The van der Waals surface area contributed by atoms with E-state index in [1.54, 1.807) is 0 Å². The number of hydrogen-bond donors (Lipinski definition) is 1. The van der Waals surface area contributed by atoms with Crippen molar-refractivity contribution in [2.45, 2.75) is 29.5 Å². The average Bonchev–Trinajstić information content (AvgIpc) is 2.88. The maximum Gasteiger partial charge on any atom is 0.0447 e. The summed E-state index contributed by atoms with van der Waals surface area (Å²) in [4.78, 5) is 1.42. The number of halogens is 1. The van der Waals surface area contributed by atoms with E-state index in [-0.39, 0.29) is 0 Å². The predicted octanol–water partition coefficient (Wildman–Crippen LogP) is 4.71. The van der Waals surface area contributed by atoms with Crippen molar-refractivity contribution in [1.82, 2.24) is 5.32 Å². The van der Waals surface area contributed by atoms with Gasteiger partial charge in [-0.3, -0.25) is 0 Å². The Kier molecular flexibility index (Phi) is 4.35. The van der Waals surface area contributed by atoms with Crippen LogP contribution < -0.4 is 5.32 Å². The van der Waals surface area contributed by atoms with Crippen LogP contribution in [0.1, 0.15) is 24.1 Å². The van der Waals surface area contributed by atoms with Crippen LogP contribution >= 0.6 is 23.4 Å². The van der Waals surface area contributed by atoms with Crippen LogP contribution in [-0.2, 0) is 6.42 Å². The van der Waals surface area contributed by atoms with E-state index in [4.69, 9.17) is 11.6 Å². The number of rotatable bonds is 4. The molecule has 1 aliphatic rings. The minimum atomic E-state index is 0.344. The first-order valence-electron chi connectivity index (χ1n) is 7.01. The highest BCUT2D eigenvalue weighted by Gasteiger charge is 2.29. The van der Waals surface area contributed by atoms with E-state index < -0.39 is 0 Å². The molecule has 1 heterocycles. The quantitative estimate of drug-likeness (QED) is 0.878. The molecule has 3 heteroatoms. The molecule has 1 aliphatic heterocycles. The lowest BCUT2D eigenvalue weighted by Crippen LogP contribution is -2.29. The Labute approximate surface area is 129 Å². The van der Waals surface area contributed by atoms with E-state index in [0.717, 1.165) is 18.0 Å². The van der Waals surface area contributed by atoms with Gasteiger partial charge in [0.25, 0.3) is 0 Å². The van der Waals surface area contributed by atoms with Gasteiger partial charge in [0, 0.05) is 21.2 Å². The zero-order valence-corrected chi connectivity index (χ0v) is 13.0. The number of benzene rings is 2. The van der Waals surface area contributed by atoms with Crippen molar-refractivity contribution in [3.05, 3.63) is 64.7 Å². The van der Waals surface area contributed by atoms with Gasteiger partial charge < -0.3 is 5.32 Å². The lowest BCUT2D eigenvalue weighted by Gasteiger charge is -2.24. The molecule has 0 aromatic heterocycles. The predicted molar refractivity (Wildman–Crippen MR) is 87.7 cm³/mol. The lowest BCUT2D eigenvalue weighted by molar-refractivity contribution is 0.532. The van der Waals surface area contributed by atoms with Crippen LogP contribution in [0.2, 0.25) is 5.02 Å². The molecule has 2 aromatic rings. The van der Waals surface area contributed by atoms with Gasteiger partial charge in [-0.2, -0.15) is 0 Å². The minimum absolute atomic E-state index is 0.344. The normalized spacial score (nSPS) is 18.8. The first kappa shape index (κ1) is 14.0. The Morgan fingerprint density at radius 3 is 2.85 bits per heavy atom. The summed E-state index contributed by atoms with van der Waals surface area (Å²) >= 11 is 8.13. The molecule has 2 unspecified atom stereocenters. The number of nitrogens with one attached hydrogen (secondary N) is 1. The van der Waals surface area contributed by atoms with Crippen LogP contribution in [0.4, 0.5) is 0 Å². The van der Waals surface area contributed by atoms with Gasteiger partial charge in [-0.1, -0.05) is 48.9 Å². The maximum absolute atomic E-state index is 6.15. The smallest absolute Gasteiger partial charge is 0.0447 e. The minimum Gasteiger partial charge on any atom is -0.309 e. The van der Waals surface area contributed by atoms with E-state index in [0.29, 0.717) is 11.3 Å². The molecule has 20 heavy (non-hydrogen) atoms. The fourth-order valence-electron chi connectivity index (χ4n) is 2.78. The fourth-order valence-corrected chi connectivity index (χ4v) is 4.42. The van der Waals surface area contributed by atoms with Crippen molar-refractivity contribution in [3.63, 3.8) is 0 Å². The summed E-state index contributed by atoms with van der Waals surface area (Å²) in [6, 6.07) is 17.3. The van der Waals surface area contributed by atoms with E-state index in [1.807, 2.05) is 23.9 Å². The summed E-state index contributed by atoms with van der Waals surface area (Å²) in [6.07, 6.45) is 1.12. The van der Waals surface area contributed by atoms with Gasteiger partial charge in [0.1, 0.15) is 0 Å². The molecule has 0 fully saturated rings. The summed E-state index contributed by atoms with van der Waals surface area (Å²) in [6.45, 7) is 3.12. The van der Waals surface area contributed by atoms with Gasteiger partial charge in [0.05, 0.1) is 0 Å². The zero-order chi connectivity index (χ0) is 13.9. The molecule has 0 saturated heterocycles. The molecule has 1 nitrogen and oxygen atoms in total. The lowest BCUT2D eigenvalue weighted by atomic mass is 9.98. The van der Waals surface area contributed by atoms with Crippen LogP contribution in [0.5, 0.6) is 0 Å². The van der Waals surface area contributed by atoms with Crippen molar-refractivity contribution in [2.24, 2.45) is 0 Å². The Bertz CT molecular complexity index is 574. The van der Waals surface area contributed by atoms with Crippen molar-refractivity contribution in [2.75, 3.05) is 6.54 Å². The van der Waals surface area contributed by atoms with Gasteiger partial charge in [-0.25, -0.2) is 0 Å². The van der Waals surface area contributed by atoms with Crippen molar-refractivity contribution >= 4 is 23.4 Å². The van der Waals surface area contributed by atoms with Gasteiger partial charge in [0.2, 0.25) is 0 Å². The first-order chi connectivity index (χ1) is 9.78. The highest BCUT2D eigenvalue weighted by atomic mass is 35.5. The van der Waals surface area contributed by atoms with Crippen LogP contribution in [0.25, 0.3) is 0 Å². The molecule has 0 spiro atoms. The molecular weight excluding hydrogens is 286 g/mol. The average molecular weight is 304 g/mol. The largest absolute Gasteiger partial charge is 0.309 e. The van der Waals surface area contributed by atoms with Crippen molar-refractivity contribution < 1.29 is 0 Å². The Morgan fingerprint density at radius 1 is 1.25 bits per heavy atom. The standard InChI is InChI=1S/C17H18ClNS/c1-2-19-17(13-7-5-8-14(18)10-13)16-11-12-6-3-4-9-15(12)20-16/h3-10,16-17,19H,2,11H2,1H3. The van der Waals surface area contributed by atoms with E-state index in [2.05, 4.69) is 48.6 Å². The Morgan fingerprint density at radius 2 is 2.10 bits per heavy atom. The third-order valence-corrected chi connectivity index (χ3v) is 5.30. The van der Waals surface area contributed by atoms with Crippen LogP contribution in [0, 0.1) is 0 Å². The highest BCUT2D eigenvalue weighted by Crippen LogP contribution is 2.42. The Balaban J connectivity index is 1.86. The molecule has 2 aromatic carbocycles. The molecule has 104 valence electrons. The van der Waals surface area contributed by atoms with Gasteiger partial charge >= 0.3 is 0 Å². The van der Waals surface area contributed by atoms with Crippen LogP contribution in [0.3, 0.4) is 0 Å². The summed E-state index contributed by atoms with van der Waals surface area (Å²) in [5, 5.41) is 4.97. The number of thioether (sulfide) groups is 1. The van der Waals surface area contributed by atoms with Crippen LogP contribution in [0.15, 0.2) is 53.4 Å². The Hall–Kier alpha value is -0.960.